The summed E-state index contributed by atoms with van der Waals surface area (Å²) in [5.41, 5.74) is 7.81. The van der Waals surface area contributed by atoms with E-state index in [-0.39, 0.29) is 17.9 Å². The fourth-order valence-corrected chi connectivity index (χ4v) is 4.08. The molecule has 0 aliphatic heterocycles. The Hall–Kier alpha value is -3.80. The van der Waals surface area contributed by atoms with Crippen LogP contribution in [0, 0.1) is 0 Å². The van der Waals surface area contributed by atoms with Crippen LogP contribution in [0.4, 0.5) is 5.69 Å². The topological polar surface area (TPSA) is 160 Å². The number of carbonyl (C=O) groups excluding carboxylic acids is 1. The van der Waals surface area contributed by atoms with Gasteiger partial charge in [0.2, 0.25) is 10.0 Å². The SMILES string of the molecule is CS(=O)(=O)Nc1ccc(OCC(O)CNCc2ccccc2CCOc2ccc(O)c(C(N)=O)c2)cc1. The van der Waals surface area contributed by atoms with E-state index in [9.17, 15) is 23.4 Å². The minimum Gasteiger partial charge on any atom is -0.507 e. The van der Waals surface area contributed by atoms with Crippen molar-refractivity contribution in [3.05, 3.63) is 83.4 Å². The Morgan fingerprint density at radius 3 is 2.35 bits per heavy atom. The van der Waals surface area contributed by atoms with Crippen molar-refractivity contribution in [2.24, 2.45) is 5.73 Å². The van der Waals surface area contributed by atoms with Gasteiger partial charge in [-0.05, 0) is 53.6 Å². The molecule has 0 saturated heterocycles. The number of aliphatic hydroxyl groups excluding tert-OH is 1. The number of amides is 1. The number of nitrogens with two attached hydrogens (primary N) is 1. The third-order valence-corrected chi connectivity index (χ3v) is 5.89. The van der Waals surface area contributed by atoms with Gasteiger partial charge in [-0.2, -0.15) is 0 Å². The van der Waals surface area contributed by atoms with Gasteiger partial charge in [0.25, 0.3) is 5.91 Å². The van der Waals surface area contributed by atoms with Gasteiger partial charge in [0.1, 0.15) is 30.0 Å². The molecule has 3 aromatic carbocycles. The summed E-state index contributed by atoms with van der Waals surface area (Å²) in [6.45, 7) is 1.27. The number of sulfonamides is 1. The van der Waals surface area contributed by atoms with Crippen molar-refractivity contribution in [3.63, 3.8) is 0 Å². The molecular weight excluding hydrogens is 498 g/mol. The highest BCUT2D eigenvalue weighted by molar-refractivity contribution is 7.92. The first-order valence-electron chi connectivity index (χ1n) is 11.5. The predicted octanol–water partition coefficient (Wildman–Crippen LogP) is 2.01. The maximum atomic E-state index is 11.4. The molecule has 198 valence electrons. The zero-order chi connectivity index (χ0) is 26.8. The Kier molecular flexibility index (Phi) is 9.72. The molecular formula is C26H31N3O7S. The first-order chi connectivity index (χ1) is 17.6. The highest BCUT2D eigenvalue weighted by Gasteiger charge is 2.10. The van der Waals surface area contributed by atoms with Crippen LogP contribution in [0.3, 0.4) is 0 Å². The molecule has 3 aromatic rings. The van der Waals surface area contributed by atoms with Gasteiger partial charge in [-0.3, -0.25) is 9.52 Å². The van der Waals surface area contributed by atoms with Crippen LogP contribution in [-0.4, -0.2) is 56.7 Å². The quantitative estimate of drug-likeness (QED) is 0.212. The lowest BCUT2D eigenvalue weighted by Crippen LogP contribution is -2.31. The van der Waals surface area contributed by atoms with Crippen LogP contribution in [0.25, 0.3) is 0 Å². The first kappa shape index (κ1) is 27.8. The van der Waals surface area contributed by atoms with E-state index in [1.54, 1.807) is 30.3 Å². The van der Waals surface area contributed by atoms with Crippen LogP contribution < -0.4 is 25.2 Å². The summed E-state index contributed by atoms with van der Waals surface area (Å²) in [4.78, 5) is 11.4. The van der Waals surface area contributed by atoms with E-state index in [0.29, 0.717) is 43.3 Å². The fraction of sp³-hybridized carbons (Fsp3) is 0.269. The Balaban J connectivity index is 1.43. The second-order valence-electron chi connectivity index (χ2n) is 8.40. The van der Waals surface area contributed by atoms with Crippen LogP contribution in [0.15, 0.2) is 66.7 Å². The summed E-state index contributed by atoms with van der Waals surface area (Å²) >= 11 is 0. The van der Waals surface area contributed by atoms with Crippen molar-refractivity contribution in [2.45, 2.75) is 19.1 Å². The van der Waals surface area contributed by atoms with Gasteiger partial charge < -0.3 is 30.7 Å². The third-order valence-electron chi connectivity index (χ3n) is 5.29. The fourth-order valence-electron chi connectivity index (χ4n) is 3.51. The molecule has 6 N–H and O–H groups in total. The molecule has 0 aliphatic rings. The molecule has 0 radical (unpaired) electrons. The Labute approximate surface area is 216 Å². The number of hydrogen-bond acceptors (Lipinski definition) is 8. The molecule has 1 atom stereocenters. The van der Waals surface area contributed by atoms with Crippen LogP contribution in [0.1, 0.15) is 21.5 Å². The number of ether oxygens (including phenoxy) is 2. The van der Waals surface area contributed by atoms with E-state index in [1.807, 2.05) is 24.3 Å². The Morgan fingerprint density at radius 1 is 1.00 bits per heavy atom. The molecule has 1 amide bonds. The van der Waals surface area contributed by atoms with Gasteiger partial charge in [-0.1, -0.05) is 24.3 Å². The summed E-state index contributed by atoms with van der Waals surface area (Å²) < 4.78 is 36.2. The van der Waals surface area contributed by atoms with Crippen LogP contribution in [0.5, 0.6) is 17.2 Å². The molecule has 0 heterocycles. The van der Waals surface area contributed by atoms with Crippen LogP contribution in [0.2, 0.25) is 0 Å². The average molecular weight is 530 g/mol. The number of rotatable bonds is 14. The van der Waals surface area contributed by atoms with Crippen molar-refractivity contribution >= 4 is 21.6 Å². The molecule has 0 bridgehead atoms. The van der Waals surface area contributed by atoms with Crippen molar-refractivity contribution < 1.29 is 32.9 Å². The molecule has 0 aromatic heterocycles. The largest absolute Gasteiger partial charge is 0.507 e. The van der Waals surface area contributed by atoms with Crippen molar-refractivity contribution in [1.29, 1.82) is 0 Å². The number of aromatic hydroxyl groups is 1. The smallest absolute Gasteiger partial charge is 0.252 e. The van der Waals surface area contributed by atoms with Crippen molar-refractivity contribution in [2.75, 3.05) is 30.7 Å². The summed E-state index contributed by atoms with van der Waals surface area (Å²) in [5.74, 6) is 0.0297. The van der Waals surface area contributed by atoms with Gasteiger partial charge in [-0.25, -0.2) is 8.42 Å². The maximum Gasteiger partial charge on any atom is 0.252 e. The van der Waals surface area contributed by atoms with Gasteiger partial charge >= 0.3 is 0 Å². The molecule has 10 nitrogen and oxygen atoms in total. The number of phenols is 1. The maximum absolute atomic E-state index is 11.4. The highest BCUT2D eigenvalue weighted by atomic mass is 32.2. The van der Waals surface area contributed by atoms with Crippen LogP contribution >= 0.6 is 0 Å². The van der Waals surface area contributed by atoms with E-state index >= 15 is 0 Å². The van der Waals surface area contributed by atoms with Gasteiger partial charge in [0.15, 0.2) is 0 Å². The minimum atomic E-state index is -3.35. The van der Waals surface area contributed by atoms with E-state index in [4.69, 9.17) is 15.2 Å². The molecule has 0 aliphatic carbocycles. The van der Waals surface area contributed by atoms with Gasteiger partial charge in [-0.15, -0.1) is 0 Å². The molecule has 1 unspecified atom stereocenters. The normalized spacial score (nSPS) is 12.1. The van der Waals surface area contributed by atoms with Crippen molar-refractivity contribution in [1.82, 2.24) is 5.32 Å². The number of hydrogen-bond donors (Lipinski definition) is 5. The Morgan fingerprint density at radius 2 is 1.68 bits per heavy atom. The predicted molar refractivity (Wildman–Crippen MR) is 140 cm³/mol. The summed E-state index contributed by atoms with van der Waals surface area (Å²) in [6.07, 6.45) is 0.936. The first-order valence-corrected chi connectivity index (χ1v) is 13.4. The van der Waals surface area contributed by atoms with E-state index in [2.05, 4.69) is 10.0 Å². The number of anilines is 1. The molecule has 37 heavy (non-hydrogen) atoms. The number of nitrogens with one attached hydrogen (secondary N) is 2. The zero-order valence-corrected chi connectivity index (χ0v) is 21.2. The van der Waals surface area contributed by atoms with E-state index in [0.717, 1.165) is 17.4 Å². The molecule has 0 spiro atoms. The summed E-state index contributed by atoms with van der Waals surface area (Å²) in [7, 11) is -3.35. The lowest BCUT2D eigenvalue weighted by molar-refractivity contribution is 0.0997. The average Bonchev–Trinajstić information content (AvgIpc) is 2.84. The third kappa shape index (κ3) is 9.30. The van der Waals surface area contributed by atoms with E-state index in [1.165, 1.54) is 12.1 Å². The lowest BCUT2D eigenvalue weighted by atomic mass is 10.0. The molecule has 11 heteroatoms. The lowest BCUT2D eigenvalue weighted by Gasteiger charge is -2.15. The number of aliphatic hydroxyl groups is 1. The highest BCUT2D eigenvalue weighted by Crippen LogP contribution is 2.23. The summed E-state index contributed by atoms with van der Waals surface area (Å²) in [6, 6.07) is 18.6. The molecule has 0 saturated carbocycles. The minimum absolute atomic E-state index is 0.00519. The number of primary amides is 1. The molecule has 3 rings (SSSR count). The number of carbonyl (C=O) groups is 1. The van der Waals surface area contributed by atoms with E-state index < -0.39 is 22.0 Å². The summed E-state index contributed by atoms with van der Waals surface area (Å²) in [5, 5.41) is 23.2. The van der Waals surface area contributed by atoms with Crippen LogP contribution in [-0.2, 0) is 23.0 Å². The standard InChI is InChI=1S/C26H31N3O7S/c1-37(33,34)29-20-6-8-22(9-7-20)36-17-21(30)16-28-15-19-5-3-2-4-18(19)12-13-35-23-10-11-25(31)24(14-23)26(27)32/h2-11,14,21,28-31H,12-13,15-17H2,1H3,(H2,27,32). The van der Waals surface area contributed by atoms with Gasteiger partial charge in [0, 0.05) is 25.2 Å². The Bertz CT molecular complexity index is 1300. The number of benzene rings is 3. The second kappa shape index (κ2) is 12.9. The van der Waals surface area contributed by atoms with Crippen molar-refractivity contribution in [3.8, 4) is 17.2 Å². The zero-order valence-electron chi connectivity index (χ0n) is 20.4. The monoisotopic (exact) mass is 529 g/mol. The second-order valence-corrected chi connectivity index (χ2v) is 10.2. The van der Waals surface area contributed by atoms with Gasteiger partial charge in [0.05, 0.1) is 18.4 Å². The molecule has 0 fully saturated rings.